The highest BCUT2D eigenvalue weighted by Crippen LogP contribution is 2.24. The predicted molar refractivity (Wildman–Crippen MR) is 323 cm³/mol. The molecule has 4 aromatic heterocycles. The number of amides is 1. The van der Waals surface area contributed by atoms with Gasteiger partial charge in [0, 0.05) is 66.9 Å². The predicted octanol–water partition coefficient (Wildman–Crippen LogP) is 8.07. The van der Waals surface area contributed by atoms with Crippen molar-refractivity contribution in [1.82, 2.24) is 34.8 Å². The summed E-state index contributed by atoms with van der Waals surface area (Å²) >= 11 is 12.4. The van der Waals surface area contributed by atoms with Crippen LogP contribution in [0.2, 0.25) is 10.0 Å². The molecule has 0 aliphatic heterocycles. The molecular formula is C68H54Cl2N8O5. The summed E-state index contributed by atoms with van der Waals surface area (Å²) in [6, 6.07) is 22.7. The second-order valence-corrected chi connectivity index (χ2v) is 18.5. The summed E-state index contributed by atoms with van der Waals surface area (Å²) in [5.41, 5.74) is 11.4. The van der Waals surface area contributed by atoms with Gasteiger partial charge in [-0.15, -0.1) is 0 Å². The van der Waals surface area contributed by atoms with Crippen molar-refractivity contribution >= 4 is 35.1 Å². The topological polar surface area (TPSA) is 194 Å². The maximum atomic E-state index is 12.6. The van der Waals surface area contributed by atoms with E-state index in [2.05, 4.69) is 156 Å². The number of carboxylic acid groups (broad SMARTS) is 1. The number of aliphatic hydroxyl groups is 2. The van der Waals surface area contributed by atoms with Crippen molar-refractivity contribution in [2.24, 2.45) is 5.73 Å². The van der Waals surface area contributed by atoms with Crippen LogP contribution in [-0.2, 0) is 12.8 Å². The Morgan fingerprint density at radius 1 is 0.554 bits per heavy atom. The second-order valence-electron chi connectivity index (χ2n) is 17.7. The van der Waals surface area contributed by atoms with Gasteiger partial charge in [0.2, 0.25) is 0 Å². The molecule has 0 saturated heterocycles. The number of benzene rings is 2. The first kappa shape index (κ1) is 63.6. The van der Waals surface area contributed by atoms with Crippen LogP contribution in [0.1, 0.15) is 108 Å². The van der Waals surface area contributed by atoms with Gasteiger partial charge in [0.15, 0.2) is 0 Å². The number of nitrogens with zero attached hydrogens (tertiary/aromatic N) is 6. The third kappa shape index (κ3) is 23.9. The number of halogens is 2. The minimum Gasteiger partial charge on any atom is -0.477 e. The average Bonchev–Trinajstić information content (AvgIpc) is 4.31. The van der Waals surface area contributed by atoms with Gasteiger partial charge in [0.05, 0.1) is 39.7 Å². The largest absolute Gasteiger partial charge is 0.477 e. The van der Waals surface area contributed by atoms with E-state index in [0.717, 1.165) is 78.6 Å². The lowest BCUT2D eigenvalue weighted by molar-refractivity contribution is 0.0689. The van der Waals surface area contributed by atoms with Gasteiger partial charge in [-0.3, -0.25) is 4.79 Å². The highest BCUT2D eigenvalue weighted by molar-refractivity contribution is 6.31. The molecule has 4 heterocycles. The Bertz CT molecular complexity index is 3810. The summed E-state index contributed by atoms with van der Waals surface area (Å²) in [5, 5.41) is 40.4. The van der Waals surface area contributed by atoms with Crippen LogP contribution in [-0.4, -0.2) is 81.0 Å². The first-order valence-electron chi connectivity index (χ1n) is 25.9. The number of pyridine rings is 2. The van der Waals surface area contributed by atoms with Gasteiger partial charge in [-0.05, 0) is 218 Å². The van der Waals surface area contributed by atoms with Gasteiger partial charge in [0.25, 0.3) is 5.91 Å². The molecule has 0 unspecified atom stereocenters. The van der Waals surface area contributed by atoms with Crippen LogP contribution < -0.4 is 11.1 Å². The molecule has 8 rings (SSSR count). The van der Waals surface area contributed by atoms with E-state index in [0.29, 0.717) is 28.6 Å². The molecule has 2 fully saturated rings. The molecule has 410 valence electrons. The SMILES string of the molecule is CC#CC#CC#CC#CC#CC#CC#CC#CC#CC#CC#CC.N[C@H]1CCCC[C@@H]1O.O=C(N[C@H]1CCCC[C@@H]1O)c1cc(Cc2ccc(-n3cccn3)cc2)c(Cl)cn1.O=C(O)c1cc(Cc2ccc(-n3cccn3)cc2)c(Cl)cn1. The highest BCUT2D eigenvalue weighted by Gasteiger charge is 2.25. The van der Waals surface area contributed by atoms with E-state index in [1.807, 2.05) is 73.1 Å². The Morgan fingerprint density at radius 3 is 1.28 bits per heavy atom. The van der Waals surface area contributed by atoms with Crippen LogP contribution in [0.3, 0.4) is 0 Å². The van der Waals surface area contributed by atoms with E-state index in [-0.39, 0.29) is 29.8 Å². The molecule has 0 spiro atoms. The van der Waals surface area contributed by atoms with Crippen LogP contribution in [0.25, 0.3) is 11.4 Å². The summed E-state index contributed by atoms with van der Waals surface area (Å²) < 4.78 is 3.57. The number of aliphatic hydroxyl groups excluding tert-OH is 2. The summed E-state index contributed by atoms with van der Waals surface area (Å²) in [5.74, 6) is 54.3. The Labute approximate surface area is 495 Å². The van der Waals surface area contributed by atoms with E-state index in [9.17, 15) is 14.7 Å². The first-order chi connectivity index (χ1) is 40.4. The summed E-state index contributed by atoms with van der Waals surface area (Å²) in [7, 11) is 0. The fourth-order valence-electron chi connectivity index (χ4n) is 7.64. The van der Waals surface area contributed by atoms with Crippen molar-refractivity contribution in [3.8, 4) is 142 Å². The smallest absolute Gasteiger partial charge is 0.354 e. The maximum absolute atomic E-state index is 12.6. The lowest BCUT2D eigenvalue weighted by Crippen LogP contribution is -2.45. The van der Waals surface area contributed by atoms with Gasteiger partial charge in [-0.1, -0.05) is 85.0 Å². The number of carbonyl (C=O) groups excluding carboxylic acids is 1. The van der Waals surface area contributed by atoms with Crippen LogP contribution >= 0.6 is 23.2 Å². The Kier molecular flexibility index (Phi) is 28.2. The standard InChI is InChI=1S/C24H6.C22H23ClN4O2.C16H12ClN3O2.C6H13NO/c1-3-5-7-9-11-13-15-17-19-21-23-24-22-20-18-16-14-12-10-8-6-4-2;23-18-14-24-20(22(29)26-19-4-1-2-5-21(19)28)13-16(18)12-15-6-8-17(9-7-15)27-11-3-10-25-27;17-14-10-18-15(16(21)22)9-12(14)8-11-2-4-13(5-3-11)20-7-1-6-19-20;7-5-3-1-2-4-6(5)8/h1-2H3;3,6-11,13-14,19,21,28H,1-2,4-5,12H2,(H,26,29);1-7,9-10H,8H2,(H,21,22);5-6,8H,1-4,7H2/t;19-,21-;;5-,6-/m.0.0/s1. The third-order valence-corrected chi connectivity index (χ3v) is 12.5. The van der Waals surface area contributed by atoms with Crippen molar-refractivity contribution < 1.29 is 24.9 Å². The fourth-order valence-corrected chi connectivity index (χ4v) is 7.98. The average molecular weight is 1130 g/mol. The third-order valence-electron chi connectivity index (χ3n) is 11.8. The van der Waals surface area contributed by atoms with E-state index >= 15 is 0 Å². The number of hydrogen-bond acceptors (Lipinski definition) is 9. The molecule has 2 aliphatic rings. The van der Waals surface area contributed by atoms with Crippen molar-refractivity contribution in [3.63, 3.8) is 0 Å². The molecule has 0 bridgehead atoms. The number of hydrogen-bond donors (Lipinski definition) is 5. The minimum atomic E-state index is -1.06. The molecule has 15 heteroatoms. The monoisotopic (exact) mass is 1130 g/mol. The zero-order chi connectivity index (χ0) is 59.3. The minimum absolute atomic E-state index is 0.00689. The molecule has 1 amide bonds. The second kappa shape index (κ2) is 36.8. The molecule has 6 N–H and O–H groups in total. The van der Waals surface area contributed by atoms with E-state index in [1.165, 1.54) is 24.9 Å². The molecule has 2 saturated carbocycles. The first-order valence-corrected chi connectivity index (χ1v) is 26.7. The molecule has 83 heavy (non-hydrogen) atoms. The zero-order valence-corrected chi connectivity index (χ0v) is 47.0. The van der Waals surface area contributed by atoms with Crippen LogP contribution in [0.15, 0.2) is 110 Å². The number of nitrogens with two attached hydrogens (primary N) is 1. The molecule has 6 aromatic rings. The number of aromatic nitrogens is 6. The van der Waals surface area contributed by atoms with Crippen LogP contribution in [0.4, 0.5) is 0 Å². The van der Waals surface area contributed by atoms with Crippen LogP contribution in [0, 0.1) is 130 Å². The van der Waals surface area contributed by atoms with Crippen molar-refractivity contribution in [2.45, 2.75) is 102 Å². The normalized spacial score (nSPS) is 14.4. The molecule has 2 aliphatic carbocycles. The lowest BCUT2D eigenvalue weighted by atomic mass is 9.92. The van der Waals surface area contributed by atoms with Gasteiger partial charge >= 0.3 is 5.97 Å². The van der Waals surface area contributed by atoms with Gasteiger partial charge in [-0.25, -0.2) is 24.1 Å². The summed E-state index contributed by atoms with van der Waals surface area (Å²) in [6.45, 7) is 3.40. The summed E-state index contributed by atoms with van der Waals surface area (Å²) in [4.78, 5) is 31.6. The number of rotatable bonds is 9. The Morgan fingerprint density at radius 2 is 0.928 bits per heavy atom. The van der Waals surface area contributed by atoms with Gasteiger partial charge < -0.3 is 26.4 Å². The number of nitrogens with one attached hydrogen (secondary N) is 1. The number of carbonyl (C=O) groups is 2. The Balaban J connectivity index is 0.000000215. The van der Waals surface area contributed by atoms with Crippen molar-refractivity contribution in [1.29, 1.82) is 0 Å². The van der Waals surface area contributed by atoms with E-state index in [1.54, 1.807) is 41.7 Å². The Hall–Kier alpha value is -10.3. The molecular weight excluding hydrogens is 1080 g/mol. The zero-order valence-electron chi connectivity index (χ0n) is 45.4. The van der Waals surface area contributed by atoms with E-state index in [4.69, 9.17) is 39.1 Å². The van der Waals surface area contributed by atoms with E-state index < -0.39 is 12.1 Å². The van der Waals surface area contributed by atoms with Crippen LogP contribution in [0.5, 0.6) is 0 Å². The maximum Gasteiger partial charge on any atom is 0.354 e. The summed E-state index contributed by atoms with van der Waals surface area (Å²) in [6.07, 6.45) is 18.3. The van der Waals surface area contributed by atoms with Crippen molar-refractivity contribution in [2.75, 3.05) is 0 Å². The van der Waals surface area contributed by atoms with Gasteiger partial charge in [0.1, 0.15) is 11.4 Å². The lowest BCUT2D eigenvalue weighted by Gasteiger charge is -2.28. The molecule has 2 aromatic carbocycles. The fraction of sp³-hybridized carbons (Fsp3) is 0.235. The number of aromatic carboxylic acids is 1. The highest BCUT2D eigenvalue weighted by atomic mass is 35.5. The molecule has 0 radical (unpaired) electrons. The molecule has 4 atom stereocenters. The van der Waals surface area contributed by atoms with Gasteiger partial charge in [-0.2, -0.15) is 10.2 Å². The quantitative estimate of drug-likeness (QED) is 0.0885. The molecule has 13 nitrogen and oxygen atoms in total. The number of carboxylic acids is 1. The van der Waals surface area contributed by atoms with Crippen molar-refractivity contribution in [3.05, 3.63) is 154 Å².